The first-order valence-electron chi connectivity index (χ1n) is 6.10. The molecule has 1 unspecified atom stereocenters. The van der Waals surface area contributed by atoms with E-state index < -0.39 is 6.10 Å². The van der Waals surface area contributed by atoms with E-state index in [-0.39, 0.29) is 5.78 Å². The van der Waals surface area contributed by atoms with Gasteiger partial charge in [-0.2, -0.15) is 0 Å². The van der Waals surface area contributed by atoms with Crippen LogP contribution in [0.3, 0.4) is 0 Å². The van der Waals surface area contributed by atoms with Gasteiger partial charge >= 0.3 is 0 Å². The molecule has 0 fully saturated rings. The summed E-state index contributed by atoms with van der Waals surface area (Å²) in [7, 11) is 0. The van der Waals surface area contributed by atoms with Crippen molar-refractivity contribution >= 4 is 17.5 Å². The number of hydrogen-bond donors (Lipinski definition) is 0. The van der Waals surface area contributed by atoms with Crippen LogP contribution >= 0.6 is 11.8 Å². The standard InChI is InChI=1S/C16H16O2S/c1-12(16(17)13-6-4-3-5-7-13)18-14-8-10-15(19-2)11-9-14/h3-12H,1-2H3. The molecule has 3 heteroatoms. The second kappa shape index (κ2) is 6.43. The molecule has 0 bridgehead atoms. The molecule has 0 aliphatic rings. The molecule has 0 aliphatic heterocycles. The van der Waals surface area contributed by atoms with Crippen LogP contribution in [0.25, 0.3) is 0 Å². The lowest BCUT2D eigenvalue weighted by molar-refractivity contribution is 0.0818. The van der Waals surface area contributed by atoms with E-state index in [0.29, 0.717) is 5.56 Å². The van der Waals surface area contributed by atoms with E-state index in [4.69, 9.17) is 4.74 Å². The van der Waals surface area contributed by atoms with Crippen molar-refractivity contribution in [3.63, 3.8) is 0 Å². The van der Waals surface area contributed by atoms with Crippen LogP contribution in [0, 0.1) is 0 Å². The maximum atomic E-state index is 12.1. The molecule has 1 atom stereocenters. The number of hydrogen-bond acceptors (Lipinski definition) is 3. The summed E-state index contributed by atoms with van der Waals surface area (Å²) >= 11 is 1.68. The number of carbonyl (C=O) groups is 1. The summed E-state index contributed by atoms with van der Waals surface area (Å²) in [4.78, 5) is 13.3. The summed E-state index contributed by atoms with van der Waals surface area (Å²) in [6, 6.07) is 17.0. The molecule has 2 aromatic rings. The first kappa shape index (κ1) is 13.7. The highest BCUT2D eigenvalue weighted by Crippen LogP contribution is 2.20. The minimum Gasteiger partial charge on any atom is -0.483 e. The van der Waals surface area contributed by atoms with Gasteiger partial charge in [0.2, 0.25) is 5.78 Å². The second-order valence-corrected chi connectivity index (χ2v) is 5.05. The zero-order chi connectivity index (χ0) is 13.7. The SMILES string of the molecule is CSc1ccc(OC(C)C(=O)c2ccccc2)cc1. The number of Topliss-reactive ketones (excluding diaryl/α,β-unsaturated/α-hetero) is 1. The Kier molecular flexibility index (Phi) is 4.63. The monoisotopic (exact) mass is 272 g/mol. The lowest BCUT2D eigenvalue weighted by atomic mass is 10.1. The lowest BCUT2D eigenvalue weighted by Crippen LogP contribution is -2.23. The van der Waals surface area contributed by atoms with Gasteiger partial charge in [-0.15, -0.1) is 11.8 Å². The smallest absolute Gasteiger partial charge is 0.202 e. The van der Waals surface area contributed by atoms with Gasteiger partial charge in [0.1, 0.15) is 5.75 Å². The quantitative estimate of drug-likeness (QED) is 0.606. The first-order chi connectivity index (χ1) is 9.20. The number of thioether (sulfide) groups is 1. The molecule has 0 amide bonds. The lowest BCUT2D eigenvalue weighted by Gasteiger charge is -2.13. The largest absolute Gasteiger partial charge is 0.483 e. The minimum atomic E-state index is -0.484. The fourth-order valence-electron chi connectivity index (χ4n) is 1.75. The van der Waals surface area contributed by atoms with Crippen LogP contribution in [0.4, 0.5) is 0 Å². The molecule has 0 aliphatic carbocycles. The van der Waals surface area contributed by atoms with Crippen LogP contribution in [0.5, 0.6) is 5.75 Å². The fraction of sp³-hybridized carbons (Fsp3) is 0.188. The van der Waals surface area contributed by atoms with Crippen molar-refractivity contribution in [2.24, 2.45) is 0 Å². The minimum absolute atomic E-state index is 0.00505. The van der Waals surface area contributed by atoms with Gasteiger partial charge in [0, 0.05) is 10.5 Å². The number of carbonyl (C=O) groups excluding carboxylic acids is 1. The summed E-state index contributed by atoms with van der Waals surface area (Å²) < 4.78 is 5.67. The molecular weight excluding hydrogens is 256 g/mol. The Morgan fingerprint density at radius 1 is 1.05 bits per heavy atom. The van der Waals surface area contributed by atoms with Gasteiger partial charge in [-0.05, 0) is 37.4 Å². The Morgan fingerprint density at radius 3 is 2.26 bits per heavy atom. The van der Waals surface area contributed by atoms with E-state index in [1.54, 1.807) is 30.8 Å². The first-order valence-corrected chi connectivity index (χ1v) is 7.33. The molecule has 0 saturated heterocycles. The van der Waals surface area contributed by atoms with Gasteiger partial charge in [-0.3, -0.25) is 4.79 Å². The molecule has 98 valence electrons. The highest BCUT2D eigenvalue weighted by Gasteiger charge is 2.16. The van der Waals surface area contributed by atoms with Gasteiger partial charge in [0.05, 0.1) is 0 Å². The second-order valence-electron chi connectivity index (χ2n) is 4.17. The predicted molar refractivity (Wildman–Crippen MR) is 79.1 cm³/mol. The maximum absolute atomic E-state index is 12.1. The van der Waals surface area contributed by atoms with Crippen molar-refractivity contribution in [1.29, 1.82) is 0 Å². The molecular formula is C16H16O2S. The normalized spacial score (nSPS) is 11.9. The van der Waals surface area contributed by atoms with Gasteiger partial charge in [-0.25, -0.2) is 0 Å². The van der Waals surface area contributed by atoms with Crippen LogP contribution in [0.1, 0.15) is 17.3 Å². The molecule has 2 nitrogen and oxygen atoms in total. The third-order valence-electron chi connectivity index (χ3n) is 2.80. The highest BCUT2D eigenvalue weighted by molar-refractivity contribution is 7.98. The average molecular weight is 272 g/mol. The van der Waals surface area contributed by atoms with E-state index in [1.807, 2.05) is 48.7 Å². The van der Waals surface area contributed by atoms with Crippen LogP contribution in [-0.4, -0.2) is 18.1 Å². The van der Waals surface area contributed by atoms with Crippen LogP contribution in [0.2, 0.25) is 0 Å². The number of ether oxygens (including phenoxy) is 1. The van der Waals surface area contributed by atoms with Crippen molar-refractivity contribution in [2.45, 2.75) is 17.9 Å². The number of ketones is 1. The summed E-state index contributed by atoms with van der Waals surface area (Å²) in [6.07, 6.45) is 1.54. The van der Waals surface area contributed by atoms with Gasteiger partial charge in [0.15, 0.2) is 6.10 Å². The molecule has 0 saturated carbocycles. The maximum Gasteiger partial charge on any atom is 0.202 e. The van der Waals surface area contributed by atoms with Crippen molar-refractivity contribution in [2.75, 3.05) is 6.26 Å². The predicted octanol–water partition coefficient (Wildman–Crippen LogP) is 4.06. The van der Waals surface area contributed by atoms with E-state index in [2.05, 4.69) is 0 Å². The van der Waals surface area contributed by atoms with E-state index in [0.717, 1.165) is 5.75 Å². The Balaban J connectivity index is 2.04. The van der Waals surface area contributed by atoms with Gasteiger partial charge in [0.25, 0.3) is 0 Å². The Hall–Kier alpha value is -1.74. The molecule has 2 rings (SSSR count). The Bertz CT molecular complexity index is 534. The van der Waals surface area contributed by atoms with E-state index in [9.17, 15) is 4.79 Å². The van der Waals surface area contributed by atoms with E-state index >= 15 is 0 Å². The Morgan fingerprint density at radius 2 is 1.68 bits per heavy atom. The van der Waals surface area contributed by atoms with Crippen molar-refractivity contribution in [1.82, 2.24) is 0 Å². The van der Waals surface area contributed by atoms with Crippen LogP contribution < -0.4 is 4.74 Å². The molecule has 19 heavy (non-hydrogen) atoms. The molecule has 0 radical (unpaired) electrons. The third-order valence-corrected chi connectivity index (χ3v) is 3.54. The Labute approximate surface area is 117 Å². The van der Waals surface area contributed by atoms with E-state index in [1.165, 1.54) is 4.90 Å². The molecule has 2 aromatic carbocycles. The molecule has 0 heterocycles. The van der Waals surface area contributed by atoms with Crippen LogP contribution in [0.15, 0.2) is 59.5 Å². The fourth-order valence-corrected chi connectivity index (χ4v) is 2.16. The van der Waals surface area contributed by atoms with Gasteiger partial charge in [-0.1, -0.05) is 30.3 Å². The number of rotatable bonds is 5. The summed E-state index contributed by atoms with van der Waals surface area (Å²) in [6.45, 7) is 1.78. The van der Waals surface area contributed by atoms with Crippen molar-refractivity contribution < 1.29 is 9.53 Å². The topological polar surface area (TPSA) is 26.3 Å². The average Bonchev–Trinajstić information content (AvgIpc) is 2.48. The van der Waals surface area contributed by atoms with Gasteiger partial charge < -0.3 is 4.74 Å². The highest BCUT2D eigenvalue weighted by atomic mass is 32.2. The van der Waals surface area contributed by atoms with Crippen LogP contribution in [-0.2, 0) is 0 Å². The zero-order valence-corrected chi connectivity index (χ0v) is 11.8. The van der Waals surface area contributed by atoms with Crippen molar-refractivity contribution in [3.05, 3.63) is 60.2 Å². The van der Waals surface area contributed by atoms with Crippen molar-refractivity contribution in [3.8, 4) is 5.75 Å². The zero-order valence-electron chi connectivity index (χ0n) is 11.0. The molecule has 0 spiro atoms. The summed E-state index contributed by atoms with van der Waals surface area (Å²) in [5.41, 5.74) is 0.677. The number of benzene rings is 2. The third kappa shape index (κ3) is 3.61. The summed E-state index contributed by atoms with van der Waals surface area (Å²) in [5.74, 6) is 0.712. The molecule has 0 aromatic heterocycles. The molecule has 0 N–H and O–H groups in total. The summed E-state index contributed by atoms with van der Waals surface area (Å²) in [5, 5.41) is 0.